The van der Waals surface area contributed by atoms with Crippen molar-refractivity contribution in [2.45, 2.75) is 12.6 Å². The summed E-state index contributed by atoms with van der Waals surface area (Å²) in [5.41, 5.74) is 2.70. The number of hydrogen-bond donors (Lipinski definition) is 1. The van der Waals surface area contributed by atoms with E-state index in [2.05, 4.69) is 4.98 Å². The number of hydrogen-bond acceptors (Lipinski definition) is 6. The molecule has 3 aromatic rings. The first-order valence-corrected chi connectivity index (χ1v) is 10.3. The first-order chi connectivity index (χ1) is 14.5. The number of rotatable bonds is 6. The Labute approximate surface area is 178 Å². The molecule has 2 aromatic heterocycles. The van der Waals surface area contributed by atoms with Crippen LogP contribution in [0.25, 0.3) is 0 Å². The summed E-state index contributed by atoms with van der Waals surface area (Å²) in [5, 5.41) is 12.5. The average molecular weight is 420 g/mol. The van der Waals surface area contributed by atoms with Crippen LogP contribution in [-0.4, -0.2) is 40.8 Å². The van der Waals surface area contributed by atoms with E-state index >= 15 is 0 Å². The zero-order valence-corrected chi connectivity index (χ0v) is 17.5. The molecule has 0 bridgehead atoms. The molecule has 0 fully saturated rings. The molecule has 1 aromatic carbocycles. The van der Waals surface area contributed by atoms with Crippen LogP contribution < -0.4 is 4.90 Å². The maximum absolute atomic E-state index is 13.2. The minimum absolute atomic E-state index is 0.115. The van der Waals surface area contributed by atoms with E-state index in [0.29, 0.717) is 4.88 Å². The van der Waals surface area contributed by atoms with E-state index in [0.717, 1.165) is 16.8 Å². The van der Waals surface area contributed by atoms with Crippen molar-refractivity contribution in [3.05, 3.63) is 93.6 Å². The fourth-order valence-corrected chi connectivity index (χ4v) is 4.26. The number of nitrogens with zero attached hydrogens (tertiary/aromatic N) is 3. The van der Waals surface area contributed by atoms with Gasteiger partial charge in [-0.05, 0) is 40.8 Å². The summed E-state index contributed by atoms with van der Waals surface area (Å²) in [4.78, 5) is 34.3. The summed E-state index contributed by atoms with van der Waals surface area (Å²) in [7, 11) is 3.89. The Kier molecular flexibility index (Phi) is 5.37. The third-order valence-electron chi connectivity index (χ3n) is 5.09. The highest BCUT2D eigenvalue weighted by molar-refractivity contribution is 7.12. The quantitative estimate of drug-likeness (QED) is 0.612. The molecule has 30 heavy (non-hydrogen) atoms. The molecule has 7 heteroatoms. The molecule has 0 spiro atoms. The van der Waals surface area contributed by atoms with E-state index in [1.165, 1.54) is 16.2 Å². The molecular formula is C23H21N3O3S. The standard InChI is InChI=1S/C23H21N3O3S/c1-25(2)17-9-7-16(8-10-17)20-19(21(27)18-6-4-12-30-18)22(28)23(29)26(20)14-15-5-3-11-24-13-15/h3-13,20,28H,14H2,1-2H3/t20-/m1/s1. The summed E-state index contributed by atoms with van der Waals surface area (Å²) in [6.45, 7) is 0.234. The lowest BCUT2D eigenvalue weighted by atomic mass is 9.95. The van der Waals surface area contributed by atoms with Crippen LogP contribution in [0.1, 0.15) is 26.8 Å². The van der Waals surface area contributed by atoms with Gasteiger partial charge in [-0.25, -0.2) is 0 Å². The van der Waals surface area contributed by atoms with E-state index in [9.17, 15) is 14.7 Å². The Bertz CT molecular complexity index is 1090. The van der Waals surface area contributed by atoms with Crippen LogP contribution in [0.15, 0.2) is 77.6 Å². The van der Waals surface area contributed by atoms with E-state index < -0.39 is 17.7 Å². The Morgan fingerprint density at radius 1 is 1.17 bits per heavy atom. The molecule has 0 radical (unpaired) electrons. The van der Waals surface area contributed by atoms with Crippen LogP contribution in [0.2, 0.25) is 0 Å². The van der Waals surface area contributed by atoms with Gasteiger partial charge >= 0.3 is 0 Å². The number of aliphatic hydroxyl groups is 1. The van der Waals surface area contributed by atoms with Crippen molar-refractivity contribution in [3.63, 3.8) is 0 Å². The number of anilines is 1. The van der Waals surface area contributed by atoms with Gasteiger partial charge < -0.3 is 14.9 Å². The van der Waals surface area contributed by atoms with Crippen molar-refractivity contribution in [2.75, 3.05) is 19.0 Å². The van der Waals surface area contributed by atoms with Gasteiger partial charge in [0.15, 0.2) is 5.76 Å². The van der Waals surface area contributed by atoms with Crippen LogP contribution in [0, 0.1) is 0 Å². The van der Waals surface area contributed by atoms with Crippen molar-refractivity contribution < 1.29 is 14.7 Å². The third-order valence-corrected chi connectivity index (χ3v) is 5.96. The molecular weight excluding hydrogens is 398 g/mol. The predicted molar refractivity (Wildman–Crippen MR) is 117 cm³/mol. The fourth-order valence-electron chi connectivity index (χ4n) is 3.58. The van der Waals surface area contributed by atoms with Crippen molar-refractivity contribution in [1.82, 2.24) is 9.88 Å². The number of aliphatic hydroxyl groups excluding tert-OH is 1. The molecule has 1 N–H and O–H groups in total. The highest BCUT2D eigenvalue weighted by Gasteiger charge is 2.43. The Hall–Kier alpha value is -3.45. The minimum Gasteiger partial charge on any atom is -0.503 e. The lowest BCUT2D eigenvalue weighted by Crippen LogP contribution is -2.30. The largest absolute Gasteiger partial charge is 0.503 e. The van der Waals surface area contributed by atoms with Gasteiger partial charge in [0.2, 0.25) is 5.78 Å². The smallest absolute Gasteiger partial charge is 0.290 e. The van der Waals surface area contributed by atoms with Gasteiger partial charge in [-0.2, -0.15) is 0 Å². The van der Waals surface area contributed by atoms with Crippen LogP contribution in [0.5, 0.6) is 0 Å². The van der Waals surface area contributed by atoms with Crippen molar-refractivity contribution in [1.29, 1.82) is 0 Å². The zero-order chi connectivity index (χ0) is 21.3. The molecule has 0 unspecified atom stereocenters. The number of aromatic nitrogens is 1. The Morgan fingerprint density at radius 2 is 1.93 bits per heavy atom. The summed E-state index contributed by atoms with van der Waals surface area (Å²) in [6, 6.07) is 14.1. The summed E-state index contributed by atoms with van der Waals surface area (Å²) in [6.07, 6.45) is 3.34. The second kappa shape index (κ2) is 8.12. The summed E-state index contributed by atoms with van der Waals surface area (Å²) >= 11 is 1.29. The molecule has 6 nitrogen and oxygen atoms in total. The molecule has 3 heterocycles. The SMILES string of the molecule is CN(C)c1ccc([C@@H]2C(C(=O)c3cccs3)=C(O)C(=O)N2Cc2cccnc2)cc1. The number of carbonyl (C=O) groups is 2. The number of thiophene rings is 1. The first-order valence-electron chi connectivity index (χ1n) is 9.46. The maximum Gasteiger partial charge on any atom is 0.290 e. The lowest BCUT2D eigenvalue weighted by Gasteiger charge is -2.27. The topological polar surface area (TPSA) is 73.7 Å². The number of benzene rings is 1. The van der Waals surface area contributed by atoms with Crippen LogP contribution in [-0.2, 0) is 11.3 Å². The monoisotopic (exact) mass is 419 g/mol. The van der Waals surface area contributed by atoms with E-state index in [4.69, 9.17) is 0 Å². The number of Topliss-reactive ketones (excluding diaryl/α,β-unsaturated/α-hetero) is 1. The molecule has 1 aliphatic heterocycles. The zero-order valence-electron chi connectivity index (χ0n) is 16.6. The van der Waals surface area contributed by atoms with E-state index in [-0.39, 0.29) is 17.9 Å². The number of amides is 1. The van der Waals surface area contributed by atoms with Gasteiger partial charge in [0.1, 0.15) is 0 Å². The van der Waals surface area contributed by atoms with Gasteiger partial charge in [-0.15, -0.1) is 11.3 Å². The predicted octanol–water partition coefficient (Wildman–Crippen LogP) is 3.99. The number of ketones is 1. The molecule has 152 valence electrons. The van der Waals surface area contributed by atoms with Crippen LogP contribution in [0.3, 0.4) is 0 Å². The average Bonchev–Trinajstić information content (AvgIpc) is 3.37. The molecule has 1 aliphatic rings. The summed E-state index contributed by atoms with van der Waals surface area (Å²) in [5.74, 6) is -1.37. The third kappa shape index (κ3) is 3.59. The van der Waals surface area contributed by atoms with E-state index in [1.54, 1.807) is 36.0 Å². The van der Waals surface area contributed by atoms with Crippen molar-refractivity contribution in [3.8, 4) is 0 Å². The number of carbonyl (C=O) groups excluding carboxylic acids is 2. The molecule has 0 saturated heterocycles. The van der Waals surface area contributed by atoms with Crippen molar-refractivity contribution in [2.24, 2.45) is 0 Å². The Morgan fingerprint density at radius 3 is 2.53 bits per heavy atom. The fraction of sp³-hybridized carbons (Fsp3) is 0.174. The normalized spacial score (nSPS) is 16.3. The first kappa shape index (κ1) is 19.8. The maximum atomic E-state index is 13.2. The minimum atomic E-state index is -0.677. The van der Waals surface area contributed by atoms with Crippen molar-refractivity contribution >= 4 is 28.7 Å². The van der Waals surface area contributed by atoms with E-state index in [1.807, 2.05) is 49.3 Å². The van der Waals surface area contributed by atoms with Gasteiger partial charge in [-0.3, -0.25) is 14.6 Å². The lowest BCUT2D eigenvalue weighted by molar-refractivity contribution is -0.130. The second-order valence-corrected chi connectivity index (χ2v) is 8.20. The summed E-state index contributed by atoms with van der Waals surface area (Å²) < 4.78 is 0. The highest BCUT2D eigenvalue weighted by Crippen LogP contribution is 2.40. The Balaban J connectivity index is 1.78. The van der Waals surface area contributed by atoms with Crippen LogP contribution in [0.4, 0.5) is 5.69 Å². The molecule has 0 aliphatic carbocycles. The second-order valence-electron chi connectivity index (χ2n) is 7.25. The molecule has 1 atom stereocenters. The van der Waals surface area contributed by atoms with Gasteiger partial charge in [0, 0.05) is 38.7 Å². The molecule has 4 rings (SSSR count). The molecule has 1 amide bonds. The van der Waals surface area contributed by atoms with Gasteiger partial charge in [0.05, 0.1) is 16.5 Å². The van der Waals surface area contributed by atoms with Crippen LogP contribution >= 0.6 is 11.3 Å². The highest BCUT2D eigenvalue weighted by atomic mass is 32.1. The number of pyridine rings is 1. The molecule has 0 saturated carbocycles. The van der Waals surface area contributed by atoms with Gasteiger partial charge in [-0.1, -0.05) is 24.3 Å². The van der Waals surface area contributed by atoms with Gasteiger partial charge in [0.25, 0.3) is 5.91 Å².